The van der Waals surface area contributed by atoms with Crippen LogP contribution in [0.3, 0.4) is 0 Å². The molecule has 0 aliphatic carbocycles. The molecule has 0 aliphatic heterocycles. The lowest BCUT2D eigenvalue weighted by molar-refractivity contribution is -0.136. The maximum atomic E-state index is 11.4. The monoisotopic (exact) mass is 193 g/mol. The quantitative estimate of drug-likeness (QED) is 0.643. The zero-order valence-corrected chi connectivity index (χ0v) is 8.83. The van der Waals surface area contributed by atoms with Crippen LogP contribution >= 0.6 is 0 Å². The first-order valence-corrected chi connectivity index (χ1v) is 4.22. The molecule has 0 saturated heterocycles. The normalized spacial score (nSPS) is 8.79. The Hall–Kier alpha value is -1.64. The van der Waals surface area contributed by atoms with E-state index in [-0.39, 0.29) is 0 Å². The molecule has 0 heterocycles. The summed E-state index contributed by atoms with van der Waals surface area (Å²) in [7, 11) is 0. The molecule has 3 nitrogen and oxygen atoms in total. The van der Waals surface area contributed by atoms with E-state index >= 15 is 0 Å². The Morgan fingerprint density at radius 1 is 1.00 bits per heavy atom. The zero-order chi connectivity index (χ0) is 11.3. The molecule has 0 aliphatic rings. The van der Waals surface area contributed by atoms with Crippen molar-refractivity contribution in [3.05, 3.63) is 36.6 Å². The average Bonchev–Trinajstić information content (AvgIpc) is 2.16. The highest BCUT2D eigenvalue weighted by molar-refractivity contribution is 6.06. The summed E-state index contributed by atoms with van der Waals surface area (Å²) in [5.74, 6) is -0.873. The minimum Gasteiger partial charge on any atom is -0.269 e. The van der Waals surface area contributed by atoms with E-state index in [0.717, 1.165) is 22.6 Å². The Labute approximate surface area is 84.4 Å². The van der Waals surface area contributed by atoms with Gasteiger partial charge in [0.25, 0.3) is 11.8 Å². The first-order valence-electron chi connectivity index (χ1n) is 4.22. The number of imide groups is 1. The zero-order valence-electron chi connectivity index (χ0n) is 8.83. The molecule has 0 rings (SSSR count). The van der Waals surface area contributed by atoms with Gasteiger partial charge in [0, 0.05) is 5.70 Å². The minimum absolute atomic E-state index is 0.436. The number of nitrogens with zero attached hydrogens (tertiary/aromatic N) is 1. The van der Waals surface area contributed by atoms with Crippen molar-refractivity contribution in [2.75, 3.05) is 0 Å². The predicted molar refractivity (Wildman–Crippen MR) is 56.3 cm³/mol. The van der Waals surface area contributed by atoms with E-state index in [0.29, 0.717) is 5.70 Å². The smallest absolute Gasteiger partial charge is 0.257 e. The van der Waals surface area contributed by atoms with Crippen LogP contribution in [-0.4, -0.2) is 16.7 Å². The molecule has 0 fully saturated rings. The van der Waals surface area contributed by atoms with E-state index in [1.54, 1.807) is 6.92 Å². The Bertz CT molecular complexity index is 289. The van der Waals surface area contributed by atoms with Crippen LogP contribution < -0.4 is 0 Å². The predicted octanol–water partition coefficient (Wildman–Crippen LogP) is 2.03. The lowest BCUT2D eigenvalue weighted by atomic mass is 10.2. The molecule has 0 bridgehead atoms. The van der Waals surface area contributed by atoms with Crippen molar-refractivity contribution in [1.82, 2.24) is 4.90 Å². The molecule has 0 atom stereocenters. The minimum atomic E-state index is -0.436. The molecular formula is C11H15NO2. The second-order valence-corrected chi connectivity index (χ2v) is 3.01. The van der Waals surface area contributed by atoms with Gasteiger partial charge in [-0.25, -0.2) is 4.90 Å². The van der Waals surface area contributed by atoms with E-state index in [1.165, 1.54) is 0 Å². The fourth-order valence-corrected chi connectivity index (χ4v) is 0.845. The summed E-state index contributed by atoms with van der Waals surface area (Å²) >= 11 is 0. The maximum Gasteiger partial charge on any atom is 0.257 e. The first-order chi connectivity index (χ1) is 6.45. The lowest BCUT2D eigenvalue weighted by Crippen LogP contribution is -2.33. The second-order valence-electron chi connectivity index (χ2n) is 3.01. The SMILES string of the molecule is C=CC(=O)N(C(=O)C=C)C(C)=C(C)C. The van der Waals surface area contributed by atoms with Crippen LogP contribution in [-0.2, 0) is 9.59 Å². The van der Waals surface area contributed by atoms with Crippen molar-refractivity contribution < 1.29 is 9.59 Å². The molecule has 0 aromatic carbocycles. The van der Waals surface area contributed by atoms with E-state index in [1.807, 2.05) is 13.8 Å². The van der Waals surface area contributed by atoms with E-state index in [9.17, 15) is 9.59 Å². The molecule has 0 spiro atoms. The van der Waals surface area contributed by atoms with Crippen LogP contribution in [0.15, 0.2) is 36.6 Å². The highest BCUT2D eigenvalue weighted by Crippen LogP contribution is 2.10. The number of carbonyl (C=O) groups excluding carboxylic acids is 2. The van der Waals surface area contributed by atoms with Gasteiger partial charge >= 0.3 is 0 Å². The largest absolute Gasteiger partial charge is 0.269 e. The van der Waals surface area contributed by atoms with Gasteiger partial charge in [-0.3, -0.25) is 9.59 Å². The van der Waals surface area contributed by atoms with E-state index < -0.39 is 11.8 Å². The van der Waals surface area contributed by atoms with Crippen LogP contribution in [0, 0.1) is 0 Å². The number of carbonyl (C=O) groups is 2. The summed E-state index contributed by atoms with van der Waals surface area (Å²) in [6.45, 7) is 12.0. The van der Waals surface area contributed by atoms with Gasteiger partial charge < -0.3 is 0 Å². The summed E-state index contributed by atoms with van der Waals surface area (Å²) in [6.07, 6.45) is 2.21. The molecular weight excluding hydrogens is 178 g/mol. The van der Waals surface area contributed by atoms with Gasteiger partial charge in [0.2, 0.25) is 0 Å². The van der Waals surface area contributed by atoms with E-state index in [4.69, 9.17) is 0 Å². The fraction of sp³-hybridized carbons (Fsp3) is 0.273. The third-order valence-electron chi connectivity index (χ3n) is 1.85. The Morgan fingerprint density at radius 3 is 1.57 bits per heavy atom. The Morgan fingerprint density at radius 2 is 1.36 bits per heavy atom. The molecule has 0 saturated carbocycles. The van der Waals surface area contributed by atoms with Crippen LogP contribution in [0.5, 0.6) is 0 Å². The molecule has 0 radical (unpaired) electrons. The fourth-order valence-electron chi connectivity index (χ4n) is 0.845. The number of amides is 2. The summed E-state index contributed by atoms with van der Waals surface area (Å²) in [6, 6.07) is 0. The van der Waals surface area contributed by atoms with E-state index in [2.05, 4.69) is 13.2 Å². The summed E-state index contributed by atoms with van der Waals surface area (Å²) in [5, 5.41) is 0. The number of hydrogen-bond acceptors (Lipinski definition) is 2. The molecule has 0 aromatic rings. The number of allylic oxidation sites excluding steroid dienone is 2. The molecule has 0 unspecified atom stereocenters. The molecule has 0 N–H and O–H groups in total. The van der Waals surface area contributed by atoms with Crippen LogP contribution in [0.2, 0.25) is 0 Å². The highest BCUT2D eigenvalue weighted by atomic mass is 16.2. The van der Waals surface area contributed by atoms with Crippen molar-refractivity contribution in [1.29, 1.82) is 0 Å². The summed E-state index contributed by atoms with van der Waals surface area (Å²) < 4.78 is 0. The second kappa shape index (κ2) is 5.17. The number of hydrogen-bond donors (Lipinski definition) is 0. The molecule has 14 heavy (non-hydrogen) atoms. The van der Waals surface area contributed by atoms with Gasteiger partial charge in [-0.2, -0.15) is 0 Å². The van der Waals surface area contributed by atoms with Gasteiger partial charge in [0.05, 0.1) is 0 Å². The Kier molecular flexibility index (Phi) is 4.56. The van der Waals surface area contributed by atoms with Crippen molar-refractivity contribution in [2.45, 2.75) is 20.8 Å². The van der Waals surface area contributed by atoms with Crippen LogP contribution in [0.25, 0.3) is 0 Å². The Balaban J connectivity index is 5.22. The highest BCUT2D eigenvalue weighted by Gasteiger charge is 2.18. The van der Waals surface area contributed by atoms with Gasteiger partial charge in [-0.15, -0.1) is 0 Å². The van der Waals surface area contributed by atoms with Crippen molar-refractivity contribution >= 4 is 11.8 Å². The van der Waals surface area contributed by atoms with Crippen molar-refractivity contribution in [2.24, 2.45) is 0 Å². The van der Waals surface area contributed by atoms with Crippen molar-refractivity contribution in [3.8, 4) is 0 Å². The third kappa shape index (κ3) is 2.69. The summed E-state index contributed by atoms with van der Waals surface area (Å²) in [5.41, 5.74) is 1.51. The van der Waals surface area contributed by atoms with Gasteiger partial charge in [-0.1, -0.05) is 18.7 Å². The van der Waals surface area contributed by atoms with Crippen molar-refractivity contribution in [3.63, 3.8) is 0 Å². The third-order valence-corrected chi connectivity index (χ3v) is 1.85. The summed E-state index contributed by atoms with van der Waals surface area (Å²) in [4.78, 5) is 23.8. The van der Waals surface area contributed by atoms with Crippen LogP contribution in [0.1, 0.15) is 20.8 Å². The molecule has 0 aromatic heterocycles. The standard InChI is InChI=1S/C11H15NO2/c1-6-10(13)12(11(14)7-2)9(5)8(3)4/h6-7H,1-2H2,3-5H3. The topological polar surface area (TPSA) is 37.4 Å². The molecule has 3 heteroatoms. The molecule has 2 amide bonds. The van der Waals surface area contributed by atoms with Gasteiger partial charge in [0.15, 0.2) is 0 Å². The van der Waals surface area contributed by atoms with Crippen LogP contribution in [0.4, 0.5) is 0 Å². The number of rotatable bonds is 3. The average molecular weight is 193 g/mol. The first kappa shape index (κ1) is 12.4. The van der Waals surface area contributed by atoms with Gasteiger partial charge in [0.1, 0.15) is 0 Å². The lowest BCUT2D eigenvalue weighted by Gasteiger charge is -2.19. The maximum absolute atomic E-state index is 11.4. The van der Waals surface area contributed by atoms with Gasteiger partial charge in [-0.05, 0) is 32.9 Å². The molecule has 76 valence electrons.